The molecule has 0 saturated carbocycles. The maximum atomic E-state index is 8.77. The van der Waals surface area contributed by atoms with Crippen LogP contribution in [0.25, 0.3) is 0 Å². The van der Waals surface area contributed by atoms with Gasteiger partial charge in [0, 0.05) is 0 Å². The van der Waals surface area contributed by atoms with Crippen molar-refractivity contribution in [2.24, 2.45) is 0 Å². The number of hydrogen-bond acceptors (Lipinski definition) is 6. The molecule has 0 aromatic rings. The zero-order valence-corrected chi connectivity index (χ0v) is 11.2. The Labute approximate surface area is 90.7 Å². The summed E-state index contributed by atoms with van der Waals surface area (Å²) in [6.07, 6.45) is 0. The van der Waals surface area contributed by atoms with Crippen LogP contribution in [0.5, 0.6) is 0 Å². The number of rotatable bonds is 0. The largest absolute Gasteiger partial charge is 2.00 e. The van der Waals surface area contributed by atoms with Crippen molar-refractivity contribution in [3.63, 3.8) is 0 Å². The second kappa shape index (κ2) is 8.94. The van der Waals surface area contributed by atoms with Gasteiger partial charge in [-0.25, -0.2) is 0 Å². The van der Waals surface area contributed by atoms with Crippen LogP contribution in [0.1, 0.15) is 0 Å². The second-order valence-electron chi connectivity index (χ2n) is 0.938. The molecule has 0 aliphatic carbocycles. The zero-order chi connectivity index (χ0) is 9.00. The first-order valence-corrected chi connectivity index (χ1v) is 4.49. The van der Waals surface area contributed by atoms with Crippen molar-refractivity contribution >= 4 is 15.6 Å². The Morgan fingerprint density at radius 3 is 0.917 bits per heavy atom. The van der Waals surface area contributed by atoms with Crippen molar-refractivity contribution in [2.45, 2.75) is 0 Å². The van der Waals surface area contributed by atoms with E-state index < -0.39 is 15.6 Å². The molecule has 0 amide bonds. The van der Waals surface area contributed by atoms with Crippen LogP contribution in [0, 0.1) is 0 Å². The van der Waals surface area contributed by atoms with Gasteiger partial charge in [0.05, 0.1) is 0 Å². The third-order valence-electron chi connectivity index (χ3n) is 0. The monoisotopic (exact) mass is 312 g/mol. The van der Waals surface area contributed by atoms with E-state index >= 15 is 0 Å². The maximum absolute atomic E-state index is 8.77. The molecule has 12 heteroatoms. The van der Waals surface area contributed by atoms with Gasteiger partial charge < -0.3 is 33.9 Å². The van der Waals surface area contributed by atoms with Crippen LogP contribution in [0.15, 0.2) is 0 Å². The van der Waals surface area contributed by atoms with E-state index in [9.17, 15) is 0 Å². The first-order chi connectivity index (χ1) is 4.00. The minimum absolute atomic E-state index is 0. The predicted octanol–water partition coefficient (Wildman–Crippen LogP) is -4.39. The molecule has 12 heavy (non-hydrogen) atoms. The zero-order valence-electron chi connectivity index (χ0n) is 5.30. The minimum Gasteiger partial charge on any atom is -0.822 e. The van der Waals surface area contributed by atoms with Gasteiger partial charge in [-0.15, -0.1) is 0 Å². The van der Waals surface area contributed by atoms with Gasteiger partial charge in [0.2, 0.25) is 0 Å². The Hall–Kier alpha value is 1.36. The summed E-state index contributed by atoms with van der Waals surface area (Å²) in [4.78, 5) is 48.6. The first-order valence-electron chi connectivity index (χ1n) is 1.50. The van der Waals surface area contributed by atoms with Gasteiger partial charge in [-0.05, 0) is 0 Å². The predicted molar refractivity (Wildman–Crippen MR) is 19.7 cm³/mol. The molecule has 0 aliphatic heterocycles. The van der Waals surface area contributed by atoms with Crippen molar-refractivity contribution in [3.8, 4) is 0 Å². The van der Waals surface area contributed by atoms with E-state index in [4.69, 9.17) is 38.5 Å². The molecule has 0 rings (SSSR count). The molecule has 0 heterocycles. The van der Waals surface area contributed by atoms with Crippen LogP contribution >= 0.6 is 15.6 Å². The normalized spacial score (nSPS) is 9.83. The Morgan fingerprint density at radius 2 is 0.917 bits per heavy atom. The van der Waals surface area contributed by atoms with Gasteiger partial charge in [-0.1, -0.05) is 0 Å². The molecule has 8 nitrogen and oxygen atoms in total. The molecule has 0 atom stereocenters. The van der Waals surface area contributed by atoms with Crippen LogP contribution in [0.3, 0.4) is 0 Å². The standard InChI is InChI=1S/Fe.2H3O4P.Zn/c;2*1-5(2,3)4;/h;2*(H3,1,2,3,4);/q+2;;;+2/p-4. The summed E-state index contributed by atoms with van der Waals surface area (Å²) in [6.45, 7) is 0. The van der Waals surface area contributed by atoms with Crippen molar-refractivity contribution in [1.82, 2.24) is 0 Å². The van der Waals surface area contributed by atoms with Crippen molar-refractivity contribution in [3.05, 3.63) is 0 Å². The smallest absolute Gasteiger partial charge is 0.822 e. The summed E-state index contributed by atoms with van der Waals surface area (Å²) in [5.74, 6) is 0. The Balaban J connectivity index is -0.0000000457. The minimum atomic E-state index is -5.39. The van der Waals surface area contributed by atoms with Crippen molar-refractivity contribution in [2.75, 3.05) is 0 Å². The van der Waals surface area contributed by atoms with Gasteiger partial charge in [0.1, 0.15) is 0 Å². The van der Waals surface area contributed by atoms with Gasteiger partial charge >= 0.3 is 36.5 Å². The topological polar surface area (TPSA) is 167 Å². The number of hydrogen-bond donors (Lipinski definition) is 2. The molecule has 0 aromatic heterocycles. The summed E-state index contributed by atoms with van der Waals surface area (Å²) >= 11 is 0. The molecular weight excluding hydrogens is 311 g/mol. The third kappa shape index (κ3) is 657. The van der Waals surface area contributed by atoms with Crippen LogP contribution in [-0.4, -0.2) is 9.79 Å². The summed E-state index contributed by atoms with van der Waals surface area (Å²) < 4.78 is 17.3. The quantitative estimate of drug-likeness (QED) is 0.334. The van der Waals surface area contributed by atoms with Crippen LogP contribution in [-0.2, 0) is 45.7 Å². The Morgan fingerprint density at radius 1 is 0.917 bits per heavy atom. The molecule has 0 aliphatic rings. The van der Waals surface area contributed by atoms with Crippen LogP contribution < -0.4 is 19.6 Å². The number of phosphoric acid groups is 2. The average molecular weight is 313 g/mol. The van der Waals surface area contributed by atoms with E-state index in [2.05, 4.69) is 0 Å². The molecule has 70 valence electrons. The van der Waals surface area contributed by atoms with Gasteiger partial charge in [0.15, 0.2) is 0 Å². The molecule has 0 bridgehead atoms. The Bertz CT molecular complexity index is 129. The fourth-order valence-corrected chi connectivity index (χ4v) is 0. The first kappa shape index (κ1) is 23.3. The average Bonchev–Trinajstić information content (AvgIpc) is 1.12. The van der Waals surface area contributed by atoms with E-state index in [1.165, 1.54) is 0 Å². The van der Waals surface area contributed by atoms with Crippen LogP contribution in [0.4, 0.5) is 0 Å². The molecule has 0 unspecified atom stereocenters. The van der Waals surface area contributed by atoms with E-state index in [1.807, 2.05) is 0 Å². The van der Waals surface area contributed by atoms with E-state index in [0.717, 1.165) is 0 Å². The van der Waals surface area contributed by atoms with Crippen molar-refractivity contribution in [1.29, 1.82) is 0 Å². The summed E-state index contributed by atoms with van der Waals surface area (Å²) in [5, 5.41) is 0. The molecule has 0 radical (unpaired) electrons. The van der Waals surface area contributed by atoms with E-state index in [-0.39, 0.29) is 36.5 Å². The second-order valence-corrected chi connectivity index (χ2v) is 2.81. The third-order valence-corrected chi connectivity index (χ3v) is 0. The summed E-state index contributed by atoms with van der Waals surface area (Å²) in [7, 11) is -10.3. The molecule has 0 aromatic carbocycles. The fourth-order valence-electron chi connectivity index (χ4n) is 0. The maximum Gasteiger partial charge on any atom is 2.00 e. The molecule has 0 fully saturated rings. The molecular formula is H2FeO8P2Zn. The van der Waals surface area contributed by atoms with Gasteiger partial charge in [-0.2, -0.15) is 7.82 Å². The Kier molecular flexibility index (Phi) is 17.4. The van der Waals surface area contributed by atoms with Gasteiger partial charge in [0.25, 0.3) is 7.82 Å². The van der Waals surface area contributed by atoms with Gasteiger partial charge in [-0.3, -0.25) is 4.57 Å². The van der Waals surface area contributed by atoms with E-state index in [1.54, 1.807) is 0 Å². The fraction of sp³-hybridized carbons (Fsp3) is 0. The summed E-state index contributed by atoms with van der Waals surface area (Å²) in [6, 6.07) is 0. The SMILES string of the molecule is O=P([O-])(O)O.O=P([O-])([O-])[O-].[Fe+2].[Zn+2]. The van der Waals surface area contributed by atoms with Crippen LogP contribution in [0.2, 0.25) is 0 Å². The molecule has 2 N–H and O–H groups in total. The molecule has 0 spiro atoms. The molecule has 0 saturated heterocycles. The van der Waals surface area contributed by atoms with E-state index in [0.29, 0.717) is 0 Å². The summed E-state index contributed by atoms with van der Waals surface area (Å²) in [5.41, 5.74) is 0. The van der Waals surface area contributed by atoms with Crippen molar-refractivity contribution < 1.29 is 75.0 Å².